The van der Waals surface area contributed by atoms with Crippen molar-refractivity contribution < 1.29 is 14.3 Å². The number of nitrogens with one attached hydrogen (secondary N) is 1. The molecule has 0 radical (unpaired) electrons. The molecule has 0 unspecified atom stereocenters. The minimum Gasteiger partial charge on any atom is -0.383 e. The fraction of sp³-hybridized carbons (Fsp3) is 0.619. The van der Waals surface area contributed by atoms with Crippen LogP contribution in [-0.4, -0.2) is 74.1 Å². The number of rotatable bonds is 6. The third-order valence-corrected chi connectivity index (χ3v) is 5.68. The molecule has 6 nitrogen and oxygen atoms in total. The van der Waals surface area contributed by atoms with Crippen LogP contribution in [0.1, 0.15) is 35.2 Å². The van der Waals surface area contributed by atoms with Crippen molar-refractivity contribution in [2.45, 2.75) is 32.2 Å². The van der Waals surface area contributed by atoms with Gasteiger partial charge in [0, 0.05) is 44.9 Å². The Balaban J connectivity index is 1.42. The fourth-order valence-electron chi connectivity index (χ4n) is 3.89. The van der Waals surface area contributed by atoms with Crippen LogP contribution < -0.4 is 5.32 Å². The fourth-order valence-corrected chi connectivity index (χ4v) is 3.89. The second kappa shape index (κ2) is 9.33. The van der Waals surface area contributed by atoms with E-state index in [-0.39, 0.29) is 23.8 Å². The molecule has 0 aromatic heterocycles. The van der Waals surface area contributed by atoms with Gasteiger partial charge in [-0.15, -0.1) is 0 Å². The van der Waals surface area contributed by atoms with Crippen LogP contribution in [0.4, 0.5) is 0 Å². The zero-order valence-corrected chi connectivity index (χ0v) is 16.4. The predicted octanol–water partition coefficient (Wildman–Crippen LogP) is 1.68. The second-order valence-corrected chi connectivity index (χ2v) is 7.72. The van der Waals surface area contributed by atoms with E-state index in [9.17, 15) is 9.59 Å². The van der Waals surface area contributed by atoms with Gasteiger partial charge in [-0.05, 0) is 44.9 Å². The standard InChI is InChI=1S/C21H31N3O3/c1-16-3-5-17(6-4-16)21(26)24-11-8-19(9-12-24)22-20(25)18-7-10-23(15-18)13-14-27-2/h3-6,18-19H,7-15H2,1-2H3,(H,22,25)/t18-/m1/s1. The Morgan fingerprint density at radius 2 is 1.81 bits per heavy atom. The van der Waals surface area contributed by atoms with Gasteiger partial charge in [-0.1, -0.05) is 17.7 Å². The lowest BCUT2D eigenvalue weighted by molar-refractivity contribution is -0.125. The van der Waals surface area contributed by atoms with Crippen LogP contribution in [0.2, 0.25) is 0 Å². The summed E-state index contributed by atoms with van der Waals surface area (Å²) in [5.74, 6) is 0.330. The minimum absolute atomic E-state index is 0.0778. The molecule has 1 aromatic rings. The molecule has 27 heavy (non-hydrogen) atoms. The van der Waals surface area contributed by atoms with Crippen LogP contribution in [0, 0.1) is 12.8 Å². The Bertz CT molecular complexity index is 639. The van der Waals surface area contributed by atoms with E-state index >= 15 is 0 Å². The lowest BCUT2D eigenvalue weighted by Gasteiger charge is -2.33. The number of carbonyl (C=O) groups excluding carboxylic acids is 2. The first-order valence-corrected chi connectivity index (χ1v) is 9.94. The molecule has 1 atom stereocenters. The summed E-state index contributed by atoms with van der Waals surface area (Å²) in [4.78, 5) is 29.3. The van der Waals surface area contributed by atoms with Crippen LogP contribution in [0.5, 0.6) is 0 Å². The van der Waals surface area contributed by atoms with Crippen molar-refractivity contribution in [1.82, 2.24) is 15.1 Å². The van der Waals surface area contributed by atoms with Gasteiger partial charge in [-0.2, -0.15) is 0 Å². The van der Waals surface area contributed by atoms with Gasteiger partial charge in [-0.25, -0.2) is 0 Å². The molecule has 2 saturated heterocycles. The average molecular weight is 373 g/mol. The molecular formula is C21H31N3O3. The minimum atomic E-state index is 0.0778. The van der Waals surface area contributed by atoms with Crippen molar-refractivity contribution in [2.75, 3.05) is 46.4 Å². The summed E-state index contributed by atoms with van der Waals surface area (Å²) < 4.78 is 5.11. The van der Waals surface area contributed by atoms with E-state index in [4.69, 9.17) is 4.74 Å². The normalized spacial score (nSPS) is 21.4. The molecule has 2 heterocycles. The molecule has 0 bridgehead atoms. The molecule has 2 fully saturated rings. The zero-order chi connectivity index (χ0) is 19.2. The zero-order valence-electron chi connectivity index (χ0n) is 16.4. The van der Waals surface area contributed by atoms with E-state index in [1.165, 1.54) is 0 Å². The van der Waals surface area contributed by atoms with Crippen LogP contribution >= 0.6 is 0 Å². The molecule has 1 N–H and O–H groups in total. The summed E-state index contributed by atoms with van der Waals surface area (Å²) in [7, 11) is 1.70. The van der Waals surface area contributed by atoms with Crippen molar-refractivity contribution in [1.29, 1.82) is 0 Å². The number of hydrogen-bond donors (Lipinski definition) is 1. The van der Waals surface area contributed by atoms with Crippen LogP contribution in [0.15, 0.2) is 24.3 Å². The summed E-state index contributed by atoms with van der Waals surface area (Å²) in [6, 6.07) is 7.89. The lowest BCUT2D eigenvalue weighted by atomic mass is 10.0. The number of aryl methyl sites for hydroxylation is 1. The maximum Gasteiger partial charge on any atom is 0.253 e. The number of benzene rings is 1. The predicted molar refractivity (Wildman–Crippen MR) is 105 cm³/mol. The molecule has 2 aliphatic heterocycles. The Morgan fingerprint density at radius 1 is 1.11 bits per heavy atom. The summed E-state index contributed by atoms with van der Waals surface area (Å²) in [6.07, 6.45) is 2.56. The highest BCUT2D eigenvalue weighted by molar-refractivity contribution is 5.94. The topological polar surface area (TPSA) is 61.9 Å². The number of ether oxygens (including phenoxy) is 1. The van der Waals surface area contributed by atoms with Crippen molar-refractivity contribution in [3.8, 4) is 0 Å². The van der Waals surface area contributed by atoms with E-state index in [1.807, 2.05) is 36.1 Å². The van der Waals surface area contributed by atoms with E-state index in [2.05, 4.69) is 10.2 Å². The van der Waals surface area contributed by atoms with Gasteiger partial charge < -0.3 is 19.9 Å². The van der Waals surface area contributed by atoms with Crippen LogP contribution in [0.3, 0.4) is 0 Å². The molecule has 0 spiro atoms. The monoisotopic (exact) mass is 373 g/mol. The van der Waals surface area contributed by atoms with Gasteiger partial charge in [0.2, 0.25) is 5.91 Å². The quantitative estimate of drug-likeness (QED) is 0.824. The number of methoxy groups -OCH3 is 1. The van der Waals surface area contributed by atoms with Gasteiger partial charge >= 0.3 is 0 Å². The molecule has 2 amide bonds. The Morgan fingerprint density at radius 3 is 2.48 bits per heavy atom. The highest BCUT2D eigenvalue weighted by atomic mass is 16.5. The highest BCUT2D eigenvalue weighted by Crippen LogP contribution is 2.19. The third kappa shape index (κ3) is 5.30. The lowest BCUT2D eigenvalue weighted by Crippen LogP contribution is -2.48. The van der Waals surface area contributed by atoms with Crippen molar-refractivity contribution in [2.24, 2.45) is 5.92 Å². The smallest absolute Gasteiger partial charge is 0.253 e. The summed E-state index contributed by atoms with van der Waals surface area (Å²) in [6.45, 7) is 6.79. The Hall–Kier alpha value is -1.92. The second-order valence-electron chi connectivity index (χ2n) is 7.72. The number of nitrogens with zero attached hydrogens (tertiary/aromatic N) is 2. The van der Waals surface area contributed by atoms with E-state index in [0.29, 0.717) is 19.7 Å². The number of likely N-dealkylation sites (tertiary alicyclic amines) is 2. The highest BCUT2D eigenvalue weighted by Gasteiger charge is 2.30. The largest absolute Gasteiger partial charge is 0.383 e. The number of piperidine rings is 1. The van der Waals surface area contributed by atoms with E-state index in [1.54, 1.807) is 7.11 Å². The first kappa shape index (κ1) is 19.8. The molecular weight excluding hydrogens is 342 g/mol. The number of carbonyl (C=O) groups is 2. The molecule has 0 aliphatic carbocycles. The Kier molecular flexibility index (Phi) is 6.85. The molecule has 2 aliphatic rings. The number of hydrogen-bond acceptors (Lipinski definition) is 4. The van der Waals surface area contributed by atoms with Crippen molar-refractivity contribution in [3.63, 3.8) is 0 Å². The molecule has 1 aromatic carbocycles. The molecule has 3 rings (SSSR count). The molecule has 6 heteroatoms. The van der Waals surface area contributed by atoms with Crippen LogP contribution in [-0.2, 0) is 9.53 Å². The van der Waals surface area contributed by atoms with Gasteiger partial charge in [0.15, 0.2) is 0 Å². The molecule has 148 valence electrons. The third-order valence-electron chi connectivity index (χ3n) is 5.68. The van der Waals surface area contributed by atoms with Gasteiger partial charge in [0.05, 0.1) is 12.5 Å². The summed E-state index contributed by atoms with van der Waals surface area (Å²) >= 11 is 0. The maximum absolute atomic E-state index is 12.6. The van der Waals surface area contributed by atoms with Gasteiger partial charge in [0.25, 0.3) is 5.91 Å². The van der Waals surface area contributed by atoms with E-state index < -0.39 is 0 Å². The van der Waals surface area contributed by atoms with Crippen molar-refractivity contribution >= 4 is 11.8 Å². The van der Waals surface area contributed by atoms with Crippen LogP contribution in [0.25, 0.3) is 0 Å². The van der Waals surface area contributed by atoms with Gasteiger partial charge in [-0.3, -0.25) is 9.59 Å². The van der Waals surface area contributed by atoms with Gasteiger partial charge in [0.1, 0.15) is 0 Å². The Labute approximate surface area is 161 Å². The SMILES string of the molecule is COCCN1CC[C@@H](C(=O)NC2CCN(C(=O)c3ccc(C)cc3)CC2)C1. The first-order valence-electron chi connectivity index (χ1n) is 9.94. The van der Waals surface area contributed by atoms with Crippen molar-refractivity contribution in [3.05, 3.63) is 35.4 Å². The number of amides is 2. The summed E-state index contributed by atoms with van der Waals surface area (Å²) in [5.41, 5.74) is 1.89. The molecule has 0 saturated carbocycles. The first-order chi connectivity index (χ1) is 13.1. The van der Waals surface area contributed by atoms with E-state index in [0.717, 1.165) is 50.0 Å². The maximum atomic E-state index is 12.6. The average Bonchev–Trinajstić information content (AvgIpc) is 3.16. The summed E-state index contributed by atoms with van der Waals surface area (Å²) in [5, 5.41) is 3.21.